The molecular weight excluding hydrogens is 404 g/mol. The predicted molar refractivity (Wildman–Crippen MR) is 115 cm³/mol. The van der Waals surface area contributed by atoms with E-state index < -0.39 is 29.9 Å². The second kappa shape index (κ2) is 14.7. The summed E-state index contributed by atoms with van der Waals surface area (Å²) in [5, 5.41) is 10.2. The maximum atomic E-state index is 12.4. The molecule has 1 fully saturated rings. The largest absolute Gasteiger partial charge is 0.468 e. The Morgan fingerprint density at radius 2 is 1.90 bits per heavy atom. The molecule has 1 N–H and O–H groups in total. The lowest BCUT2D eigenvalue weighted by atomic mass is 9.93. The van der Waals surface area contributed by atoms with Gasteiger partial charge in [-0.05, 0) is 40.0 Å². The molecule has 0 heterocycles. The van der Waals surface area contributed by atoms with Crippen molar-refractivity contribution in [2.24, 2.45) is 11.8 Å². The molecule has 1 saturated carbocycles. The number of aliphatic hydroxyl groups is 1. The first-order chi connectivity index (χ1) is 14.8. The minimum atomic E-state index is -1.82. The number of hydrogen-bond acceptors (Lipinski definition) is 8. The van der Waals surface area contributed by atoms with Crippen LogP contribution in [-0.4, -0.2) is 62.2 Å². The number of ether oxygens (including phenoxy) is 5. The molecule has 2 unspecified atom stereocenters. The number of ketones is 1. The molecule has 0 bridgehead atoms. The Hall–Kier alpha value is -1.32. The maximum Gasteiger partial charge on any atom is 0.316 e. The van der Waals surface area contributed by atoms with Crippen LogP contribution in [0.25, 0.3) is 0 Å². The number of carbonyl (C=O) groups is 2. The molecule has 180 valence electrons. The third kappa shape index (κ3) is 10.2. The van der Waals surface area contributed by atoms with Gasteiger partial charge in [0.05, 0.1) is 13.2 Å². The van der Waals surface area contributed by atoms with E-state index in [-0.39, 0.29) is 25.1 Å². The lowest BCUT2D eigenvalue weighted by molar-refractivity contribution is -0.364. The molecule has 1 aliphatic carbocycles. The number of allylic oxidation sites excluding steroid dienone is 1. The summed E-state index contributed by atoms with van der Waals surface area (Å²) in [5.41, 5.74) is 0. The fourth-order valence-electron chi connectivity index (χ4n) is 3.75. The van der Waals surface area contributed by atoms with Gasteiger partial charge >= 0.3 is 5.97 Å². The van der Waals surface area contributed by atoms with E-state index in [9.17, 15) is 14.7 Å². The third-order valence-electron chi connectivity index (χ3n) is 5.18. The molecule has 5 atom stereocenters. The molecule has 0 aromatic rings. The lowest BCUT2D eigenvalue weighted by Gasteiger charge is -2.29. The number of unbranched alkanes of at least 4 members (excludes halogenated alkanes) is 4. The van der Waals surface area contributed by atoms with Crippen molar-refractivity contribution in [1.29, 1.82) is 0 Å². The Kier molecular flexibility index (Phi) is 13.1. The van der Waals surface area contributed by atoms with Crippen molar-refractivity contribution in [2.45, 2.75) is 84.6 Å². The summed E-state index contributed by atoms with van der Waals surface area (Å²) in [6.45, 7) is 8.54. The zero-order valence-electron chi connectivity index (χ0n) is 19.6. The summed E-state index contributed by atoms with van der Waals surface area (Å²) in [4.78, 5) is 24.6. The highest BCUT2D eigenvalue weighted by Gasteiger charge is 2.48. The topological polar surface area (TPSA) is 101 Å². The van der Waals surface area contributed by atoms with Crippen LogP contribution in [0.3, 0.4) is 0 Å². The molecule has 0 aromatic heterocycles. The van der Waals surface area contributed by atoms with Crippen molar-refractivity contribution in [1.82, 2.24) is 0 Å². The van der Waals surface area contributed by atoms with E-state index in [1.807, 2.05) is 26.0 Å². The Morgan fingerprint density at radius 3 is 2.55 bits per heavy atom. The van der Waals surface area contributed by atoms with Crippen molar-refractivity contribution in [3.8, 4) is 0 Å². The Bertz CT molecular complexity index is 560. The van der Waals surface area contributed by atoms with Crippen LogP contribution < -0.4 is 0 Å². The van der Waals surface area contributed by atoms with Crippen molar-refractivity contribution in [3.63, 3.8) is 0 Å². The fourth-order valence-corrected chi connectivity index (χ4v) is 3.75. The molecule has 0 radical (unpaired) electrons. The van der Waals surface area contributed by atoms with Gasteiger partial charge in [-0.2, -0.15) is 0 Å². The van der Waals surface area contributed by atoms with Gasteiger partial charge in [-0.1, -0.05) is 25.0 Å². The SMILES string of the molecule is CCOC(C)OCCCCCCC=C[C@H]1[C@H](C(=O)OC)C(=O)C[C@@H]1OC(C)(O)OCC. The zero-order valence-corrected chi connectivity index (χ0v) is 19.6. The monoisotopic (exact) mass is 444 g/mol. The highest BCUT2D eigenvalue weighted by Crippen LogP contribution is 2.36. The van der Waals surface area contributed by atoms with Crippen LogP contribution in [0.4, 0.5) is 0 Å². The first-order valence-corrected chi connectivity index (χ1v) is 11.3. The summed E-state index contributed by atoms with van der Waals surface area (Å²) in [5.74, 6) is -4.07. The Labute approximate surface area is 186 Å². The maximum absolute atomic E-state index is 12.4. The number of hydrogen-bond donors (Lipinski definition) is 1. The van der Waals surface area contributed by atoms with Gasteiger partial charge in [0.2, 0.25) is 0 Å². The van der Waals surface area contributed by atoms with Crippen molar-refractivity contribution in [3.05, 3.63) is 12.2 Å². The molecule has 0 spiro atoms. The van der Waals surface area contributed by atoms with E-state index in [1.54, 1.807) is 6.92 Å². The minimum Gasteiger partial charge on any atom is -0.468 e. The average Bonchev–Trinajstić information content (AvgIpc) is 3.00. The van der Waals surface area contributed by atoms with Crippen LogP contribution in [0.2, 0.25) is 0 Å². The molecule has 0 aliphatic heterocycles. The molecule has 0 saturated heterocycles. The van der Waals surface area contributed by atoms with E-state index in [4.69, 9.17) is 23.7 Å². The molecule has 0 aromatic carbocycles. The molecular formula is C23H40O8. The van der Waals surface area contributed by atoms with E-state index in [0.29, 0.717) is 13.2 Å². The number of carbonyl (C=O) groups excluding carboxylic acids is 2. The van der Waals surface area contributed by atoms with Crippen LogP contribution >= 0.6 is 0 Å². The van der Waals surface area contributed by atoms with Gasteiger partial charge in [0.15, 0.2) is 6.29 Å². The fraction of sp³-hybridized carbons (Fsp3) is 0.826. The van der Waals surface area contributed by atoms with Crippen LogP contribution in [0.15, 0.2) is 12.2 Å². The molecule has 1 aliphatic rings. The summed E-state index contributed by atoms with van der Waals surface area (Å²) in [6, 6.07) is 0. The van der Waals surface area contributed by atoms with Crippen LogP contribution in [0.5, 0.6) is 0 Å². The van der Waals surface area contributed by atoms with E-state index in [0.717, 1.165) is 32.1 Å². The Morgan fingerprint density at radius 1 is 1.19 bits per heavy atom. The standard InChI is InChI=1S/C23H40O8/c1-6-28-17(3)29-15-13-11-9-8-10-12-14-18-20(31-23(4,26)30-7-2)16-19(24)21(18)22(25)27-5/h12,14,17-18,20-21,26H,6-11,13,15-16H2,1-5H3/t17?,18-,20+,21+,23?/m1/s1. The molecule has 8 heteroatoms. The van der Waals surface area contributed by atoms with Crippen LogP contribution in [0.1, 0.15) is 66.2 Å². The first kappa shape index (κ1) is 27.7. The highest BCUT2D eigenvalue weighted by atomic mass is 16.8. The van der Waals surface area contributed by atoms with Gasteiger partial charge in [0, 0.05) is 39.1 Å². The van der Waals surface area contributed by atoms with Crippen molar-refractivity contribution in [2.75, 3.05) is 26.9 Å². The van der Waals surface area contributed by atoms with Gasteiger partial charge in [-0.15, -0.1) is 0 Å². The quantitative estimate of drug-likeness (QED) is 0.127. The highest BCUT2D eigenvalue weighted by molar-refractivity contribution is 6.01. The van der Waals surface area contributed by atoms with E-state index in [1.165, 1.54) is 14.0 Å². The first-order valence-electron chi connectivity index (χ1n) is 11.3. The third-order valence-corrected chi connectivity index (χ3v) is 5.18. The smallest absolute Gasteiger partial charge is 0.316 e. The Balaban J connectivity index is 2.50. The summed E-state index contributed by atoms with van der Waals surface area (Å²) < 4.78 is 26.5. The summed E-state index contributed by atoms with van der Waals surface area (Å²) >= 11 is 0. The molecule has 1 rings (SSSR count). The van der Waals surface area contributed by atoms with Gasteiger partial charge in [0.25, 0.3) is 5.97 Å². The van der Waals surface area contributed by atoms with Crippen LogP contribution in [-0.2, 0) is 33.3 Å². The van der Waals surface area contributed by atoms with Gasteiger partial charge in [0.1, 0.15) is 11.7 Å². The molecule has 31 heavy (non-hydrogen) atoms. The summed E-state index contributed by atoms with van der Waals surface area (Å²) in [7, 11) is 1.26. The molecule has 0 amide bonds. The number of rotatable bonds is 16. The molecule has 8 nitrogen and oxygen atoms in total. The van der Waals surface area contributed by atoms with Gasteiger partial charge in [-0.3, -0.25) is 9.59 Å². The second-order valence-electron chi connectivity index (χ2n) is 7.76. The number of Topliss-reactive ketones (excluding diaryl/α,β-unsaturated/α-hetero) is 1. The van der Waals surface area contributed by atoms with Crippen molar-refractivity contribution >= 4 is 11.8 Å². The van der Waals surface area contributed by atoms with Gasteiger partial charge < -0.3 is 28.8 Å². The average molecular weight is 445 g/mol. The summed E-state index contributed by atoms with van der Waals surface area (Å²) in [6.07, 6.45) is 7.92. The van der Waals surface area contributed by atoms with E-state index >= 15 is 0 Å². The van der Waals surface area contributed by atoms with Gasteiger partial charge in [-0.25, -0.2) is 0 Å². The normalized spacial score (nSPS) is 24.5. The lowest BCUT2D eigenvalue weighted by Crippen LogP contribution is -2.38. The number of esters is 1. The number of methoxy groups -OCH3 is 1. The minimum absolute atomic E-state index is 0.0260. The van der Waals surface area contributed by atoms with Crippen LogP contribution in [0, 0.1) is 11.8 Å². The van der Waals surface area contributed by atoms with Crippen molar-refractivity contribution < 1.29 is 38.4 Å². The predicted octanol–water partition coefficient (Wildman–Crippen LogP) is 3.36. The zero-order chi connectivity index (χ0) is 23.3. The second-order valence-corrected chi connectivity index (χ2v) is 7.76. The van der Waals surface area contributed by atoms with E-state index in [2.05, 4.69) is 0 Å².